The summed E-state index contributed by atoms with van der Waals surface area (Å²) in [6.45, 7) is 8.29. The van der Waals surface area contributed by atoms with Crippen LogP contribution in [0.25, 0.3) is 0 Å². The number of benzene rings is 2. The molecule has 0 fully saturated rings. The Hall–Kier alpha value is -2.01. The quantitative estimate of drug-likeness (QED) is 0.195. The fraction of sp³-hybridized carbons (Fsp3) is 0.538. The summed E-state index contributed by atoms with van der Waals surface area (Å²) >= 11 is 0. The van der Waals surface area contributed by atoms with E-state index < -0.39 is 7.82 Å². The lowest BCUT2D eigenvalue weighted by Crippen LogP contribution is -2.24. The molecule has 184 valence electrons. The molecule has 2 rings (SSSR count). The molecule has 0 radical (unpaired) electrons. The Labute approximate surface area is 199 Å². The van der Waals surface area contributed by atoms with Gasteiger partial charge in [-0.2, -0.15) is 0 Å². The van der Waals surface area contributed by atoms with E-state index in [1.807, 2.05) is 18.2 Å². The van der Waals surface area contributed by atoms with Gasteiger partial charge < -0.3 is 14.0 Å². The van der Waals surface area contributed by atoms with Gasteiger partial charge in [0.05, 0.1) is 27.4 Å². The molecule has 0 spiro atoms. The Morgan fingerprint density at radius 3 is 1.88 bits per heavy atom. The molecule has 0 saturated heterocycles. The fourth-order valence-corrected chi connectivity index (χ4v) is 5.19. The summed E-state index contributed by atoms with van der Waals surface area (Å²) in [7, 11) is -0.712. The van der Waals surface area contributed by atoms with Gasteiger partial charge in [0, 0.05) is 5.41 Å². The molecule has 0 aliphatic rings. The molecule has 0 aliphatic heterocycles. The van der Waals surface area contributed by atoms with Gasteiger partial charge in [-0.25, -0.2) is 4.57 Å². The van der Waals surface area contributed by atoms with E-state index in [1.54, 1.807) is 28.1 Å². The lowest BCUT2D eigenvalue weighted by Gasteiger charge is -2.32. The van der Waals surface area contributed by atoms with Crippen molar-refractivity contribution in [1.82, 2.24) is 0 Å². The average molecular weight is 479 g/mol. The van der Waals surface area contributed by atoms with E-state index in [0.29, 0.717) is 11.5 Å². The number of unbranched alkanes of at least 4 members (excludes halogenated alkanes) is 3. The molecule has 0 bridgehead atoms. The van der Waals surface area contributed by atoms with Crippen LogP contribution in [-0.2, 0) is 19.0 Å². The molecule has 0 N–H and O–H groups in total. The SMILES string of the molecule is CCCCCCC(C)(c1ccccc1)c1cc(OC)c(OP(=O)(OCC)OCC)c(OC)c1. The van der Waals surface area contributed by atoms with Crippen molar-refractivity contribution in [3.63, 3.8) is 0 Å². The van der Waals surface area contributed by atoms with Crippen LogP contribution in [0.4, 0.5) is 0 Å². The van der Waals surface area contributed by atoms with Crippen molar-refractivity contribution >= 4 is 7.82 Å². The van der Waals surface area contributed by atoms with Crippen molar-refractivity contribution < 1.29 is 27.6 Å². The minimum absolute atomic E-state index is 0.184. The first-order chi connectivity index (χ1) is 15.9. The Kier molecular flexibility index (Phi) is 10.7. The number of hydrogen-bond acceptors (Lipinski definition) is 6. The predicted octanol–water partition coefficient (Wildman–Crippen LogP) is 7.54. The minimum atomic E-state index is -3.82. The summed E-state index contributed by atoms with van der Waals surface area (Å²) in [6.07, 6.45) is 5.66. The first kappa shape index (κ1) is 27.2. The largest absolute Gasteiger partial charge is 0.530 e. The van der Waals surface area contributed by atoms with Crippen molar-refractivity contribution in [2.24, 2.45) is 0 Å². The summed E-state index contributed by atoms with van der Waals surface area (Å²) < 4.78 is 40.8. The second-order valence-corrected chi connectivity index (χ2v) is 9.69. The van der Waals surface area contributed by atoms with Gasteiger partial charge in [0.25, 0.3) is 0 Å². The number of rotatable bonds is 15. The minimum Gasteiger partial charge on any atom is -0.493 e. The number of methoxy groups -OCH3 is 2. The third kappa shape index (κ3) is 6.99. The molecule has 0 amide bonds. The molecule has 1 unspecified atom stereocenters. The summed E-state index contributed by atoms with van der Waals surface area (Å²) in [6, 6.07) is 14.3. The van der Waals surface area contributed by atoms with Crippen molar-refractivity contribution in [2.75, 3.05) is 27.4 Å². The van der Waals surface area contributed by atoms with Gasteiger partial charge in [0.1, 0.15) is 0 Å². The van der Waals surface area contributed by atoms with Crippen LogP contribution in [0.3, 0.4) is 0 Å². The van der Waals surface area contributed by atoms with Crippen LogP contribution in [0.1, 0.15) is 70.9 Å². The molecular formula is C26H39O6P. The standard InChI is InChI=1S/C26H39O6P/c1-7-10-11-15-18-26(4,21-16-13-12-14-17-21)22-19-23(28-5)25(24(20-22)29-6)32-33(27,30-8-2)31-9-3/h12-14,16-17,19-20H,7-11,15,18H2,1-6H3. The molecule has 0 heterocycles. The highest BCUT2D eigenvalue weighted by molar-refractivity contribution is 7.48. The van der Waals surface area contributed by atoms with Gasteiger partial charge in [-0.1, -0.05) is 69.9 Å². The first-order valence-electron chi connectivity index (χ1n) is 11.8. The van der Waals surface area contributed by atoms with Crippen molar-refractivity contribution in [3.8, 4) is 17.2 Å². The Morgan fingerprint density at radius 1 is 0.818 bits per heavy atom. The Balaban J connectivity index is 2.56. The van der Waals surface area contributed by atoms with Crippen LogP contribution in [0.2, 0.25) is 0 Å². The van der Waals surface area contributed by atoms with Gasteiger partial charge in [-0.3, -0.25) is 9.05 Å². The second-order valence-electron chi connectivity index (χ2n) is 8.09. The normalized spacial score (nSPS) is 13.4. The van der Waals surface area contributed by atoms with E-state index in [9.17, 15) is 4.57 Å². The van der Waals surface area contributed by atoms with Gasteiger partial charge in [0.2, 0.25) is 5.75 Å². The molecule has 0 aromatic heterocycles. The van der Waals surface area contributed by atoms with Crippen molar-refractivity contribution in [3.05, 3.63) is 53.6 Å². The zero-order valence-corrected chi connectivity index (χ0v) is 21.8. The molecule has 1 atom stereocenters. The van der Waals surface area contributed by atoms with Crippen LogP contribution >= 0.6 is 7.82 Å². The van der Waals surface area contributed by atoms with Gasteiger partial charge >= 0.3 is 7.82 Å². The molecule has 2 aromatic carbocycles. The van der Waals surface area contributed by atoms with Gasteiger partial charge in [-0.15, -0.1) is 0 Å². The summed E-state index contributed by atoms with van der Waals surface area (Å²) in [5, 5.41) is 0. The molecule has 6 nitrogen and oxygen atoms in total. The summed E-state index contributed by atoms with van der Waals surface area (Å²) in [5.74, 6) is 1.04. The van der Waals surface area contributed by atoms with Crippen LogP contribution in [0, 0.1) is 0 Å². The predicted molar refractivity (Wildman–Crippen MR) is 133 cm³/mol. The Morgan fingerprint density at radius 2 is 1.39 bits per heavy atom. The monoisotopic (exact) mass is 478 g/mol. The zero-order chi connectivity index (χ0) is 24.3. The van der Waals surface area contributed by atoms with E-state index in [2.05, 4.69) is 38.1 Å². The highest BCUT2D eigenvalue weighted by Gasteiger charge is 2.34. The molecular weight excluding hydrogens is 439 g/mol. The summed E-state index contributed by atoms with van der Waals surface area (Å²) in [4.78, 5) is 0. The Bertz CT molecular complexity index is 866. The van der Waals surface area contributed by atoms with Crippen molar-refractivity contribution in [1.29, 1.82) is 0 Å². The number of ether oxygens (including phenoxy) is 2. The highest BCUT2D eigenvalue weighted by Crippen LogP contribution is 2.55. The van der Waals surface area contributed by atoms with E-state index in [-0.39, 0.29) is 24.4 Å². The van der Waals surface area contributed by atoms with Crippen molar-refractivity contribution in [2.45, 2.75) is 65.2 Å². The fourth-order valence-electron chi connectivity index (χ4n) is 3.97. The van der Waals surface area contributed by atoms with E-state index in [0.717, 1.165) is 18.4 Å². The lowest BCUT2D eigenvalue weighted by atomic mass is 9.72. The van der Waals surface area contributed by atoms with Gasteiger partial charge in [0.15, 0.2) is 11.5 Å². The number of hydrogen-bond donors (Lipinski definition) is 0. The van der Waals surface area contributed by atoms with Crippen LogP contribution in [0.5, 0.6) is 17.2 Å². The topological polar surface area (TPSA) is 63.2 Å². The highest BCUT2D eigenvalue weighted by atomic mass is 31.2. The van der Waals surface area contributed by atoms with Crippen LogP contribution in [0.15, 0.2) is 42.5 Å². The van der Waals surface area contributed by atoms with E-state index in [1.165, 1.54) is 24.8 Å². The molecule has 0 saturated carbocycles. The molecule has 2 aromatic rings. The summed E-state index contributed by atoms with van der Waals surface area (Å²) in [5.41, 5.74) is 1.99. The maximum Gasteiger partial charge on any atom is 0.530 e. The van der Waals surface area contributed by atoms with Gasteiger partial charge in [-0.05, 0) is 43.5 Å². The maximum absolute atomic E-state index is 13.0. The maximum atomic E-state index is 13.0. The third-order valence-electron chi connectivity index (χ3n) is 5.82. The average Bonchev–Trinajstić information content (AvgIpc) is 2.82. The van der Waals surface area contributed by atoms with Crippen LogP contribution < -0.4 is 14.0 Å². The number of phosphoric acid groups is 1. The van der Waals surface area contributed by atoms with E-state index >= 15 is 0 Å². The third-order valence-corrected chi connectivity index (χ3v) is 7.37. The first-order valence-corrected chi connectivity index (χ1v) is 13.2. The molecule has 33 heavy (non-hydrogen) atoms. The lowest BCUT2D eigenvalue weighted by molar-refractivity contribution is 0.164. The number of phosphoric ester groups is 1. The molecule has 7 heteroatoms. The van der Waals surface area contributed by atoms with E-state index in [4.69, 9.17) is 23.0 Å². The second kappa shape index (κ2) is 13.0. The smallest absolute Gasteiger partial charge is 0.493 e. The molecule has 0 aliphatic carbocycles. The van der Waals surface area contributed by atoms with Crippen LogP contribution in [-0.4, -0.2) is 27.4 Å². The zero-order valence-electron chi connectivity index (χ0n) is 20.9.